The van der Waals surface area contributed by atoms with Crippen molar-refractivity contribution >= 4 is 24.3 Å². The maximum Gasteiger partial charge on any atom is 0.168 e. The molecule has 0 aliphatic carbocycles. The minimum atomic E-state index is 0. The van der Waals surface area contributed by atoms with Crippen molar-refractivity contribution in [3.63, 3.8) is 0 Å². The highest BCUT2D eigenvalue weighted by atomic mass is 79.9. The van der Waals surface area contributed by atoms with Gasteiger partial charge in [-0.2, -0.15) is 0 Å². The van der Waals surface area contributed by atoms with Crippen molar-refractivity contribution in [2.45, 2.75) is 51.6 Å². The van der Waals surface area contributed by atoms with Gasteiger partial charge >= 0.3 is 0 Å². The van der Waals surface area contributed by atoms with Crippen molar-refractivity contribution in [3.8, 4) is 23.0 Å². The summed E-state index contributed by atoms with van der Waals surface area (Å²) in [7, 11) is 3.32. The number of aromatic nitrogens is 3. The van der Waals surface area contributed by atoms with Crippen LogP contribution < -0.4 is 62.0 Å². The molecule has 0 aliphatic heterocycles. The van der Waals surface area contributed by atoms with Gasteiger partial charge in [0.2, 0.25) is 0 Å². The average Bonchev–Trinajstić information content (AvgIpc) is 3.61. The van der Waals surface area contributed by atoms with Gasteiger partial charge in [-0.3, -0.25) is 0 Å². The topological polar surface area (TPSA) is 70.7 Å². The van der Waals surface area contributed by atoms with E-state index >= 15 is 0 Å². The van der Waals surface area contributed by atoms with Crippen LogP contribution in [0, 0.1) is 0 Å². The molecule has 0 atom stereocenters. The Bertz CT molecular complexity index is 1640. The molecule has 3 aromatic heterocycles. The van der Waals surface area contributed by atoms with E-state index in [1.807, 2.05) is 78.9 Å². The normalized spacial score (nSPS) is 10.9. The monoisotopic (exact) mass is 819 g/mol. The molecule has 2 aromatic carbocycles. The Kier molecular flexibility index (Phi) is 18.6. The van der Waals surface area contributed by atoms with Crippen LogP contribution in [0.25, 0.3) is 24.3 Å². The first-order valence-electron chi connectivity index (χ1n) is 17.0. The lowest BCUT2D eigenvalue weighted by Gasteiger charge is -2.11. The molecule has 0 radical (unpaired) electrons. The van der Waals surface area contributed by atoms with Crippen LogP contribution in [0.4, 0.5) is 0 Å². The standard InChI is InChI=1S/C41H47N3O5.2BrH/c1-45-40-31-34(17-21-38(40)47-29-13-5-11-27-43-23-7-3-8-24-43)15-19-36-33-37(49-42-36)20-16-35-18-22-39(41(32-35)46-2)48-30-14-6-12-28-44-25-9-4-10-26-44;;/h3-4,7-10,15-26,31-33H,5-6,11-14,27-30H2,1-2H3;2*1H/q+2;;/p-2/b19-15+,20-16+;;. The molecule has 0 bridgehead atoms. The smallest absolute Gasteiger partial charge is 0.168 e. The molecule has 0 amide bonds. The predicted molar refractivity (Wildman–Crippen MR) is 192 cm³/mol. The van der Waals surface area contributed by atoms with Crippen molar-refractivity contribution in [1.82, 2.24) is 5.16 Å². The van der Waals surface area contributed by atoms with E-state index in [0.29, 0.717) is 30.5 Å². The molecule has 5 aromatic rings. The molecule has 5 rings (SSSR count). The minimum absolute atomic E-state index is 0. The van der Waals surface area contributed by atoms with Crippen LogP contribution in [0.2, 0.25) is 0 Å². The highest BCUT2D eigenvalue weighted by molar-refractivity contribution is 5.72. The summed E-state index contributed by atoms with van der Waals surface area (Å²) >= 11 is 0. The maximum atomic E-state index is 6.02. The number of halogens is 2. The van der Waals surface area contributed by atoms with Gasteiger partial charge in [-0.25, -0.2) is 9.13 Å². The van der Waals surface area contributed by atoms with Crippen LogP contribution in [0.5, 0.6) is 23.0 Å². The van der Waals surface area contributed by atoms with Crippen LogP contribution in [0.1, 0.15) is 61.1 Å². The molecule has 0 saturated carbocycles. The zero-order chi connectivity index (χ0) is 33.9. The fourth-order valence-electron chi connectivity index (χ4n) is 5.31. The summed E-state index contributed by atoms with van der Waals surface area (Å²) < 4.78 is 33.2. The number of pyridine rings is 2. The van der Waals surface area contributed by atoms with Gasteiger partial charge in [0.15, 0.2) is 53.5 Å². The van der Waals surface area contributed by atoms with E-state index in [2.05, 4.69) is 63.3 Å². The summed E-state index contributed by atoms with van der Waals surface area (Å²) in [4.78, 5) is 0. The number of rotatable bonds is 20. The molecule has 270 valence electrons. The van der Waals surface area contributed by atoms with Gasteiger partial charge < -0.3 is 57.4 Å². The predicted octanol–water partition coefficient (Wildman–Crippen LogP) is 2.11. The van der Waals surface area contributed by atoms with Gasteiger partial charge in [-0.05, 0) is 73.2 Å². The third-order valence-electron chi connectivity index (χ3n) is 8.00. The van der Waals surface area contributed by atoms with E-state index in [0.717, 1.165) is 79.9 Å². The molecule has 0 unspecified atom stereocenters. The molecule has 0 fully saturated rings. The highest BCUT2D eigenvalue weighted by Crippen LogP contribution is 2.30. The van der Waals surface area contributed by atoms with Crippen molar-refractivity contribution < 1.29 is 66.6 Å². The van der Waals surface area contributed by atoms with E-state index in [-0.39, 0.29) is 34.0 Å². The second kappa shape index (κ2) is 23.1. The van der Waals surface area contributed by atoms with Crippen molar-refractivity contribution in [3.05, 3.63) is 126 Å². The number of hydrogen-bond acceptors (Lipinski definition) is 6. The quantitative estimate of drug-likeness (QED) is 0.0887. The van der Waals surface area contributed by atoms with Gasteiger partial charge in [0, 0.05) is 43.2 Å². The summed E-state index contributed by atoms with van der Waals surface area (Å²) in [6, 6.07) is 26.0. The molecule has 10 heteroatoms. The number of methoxy groups -OCH3 is 2. The Balaban J connectivity index is 0.00000351. The second-order valence-electron chi connectivity index (χ2n) is 11.7. The van der Waals surface area contributed by atoms with Gasteiger partial charge in [0.05, 0.1) is 27.4 Å². The molecular formula is C41H47Br2N3O5. The second-order valence-corrected chi connectivity index (χ2v) is 11.7. The van der Waals surface area contributed by atoms with E-state index in [1.165, 1.54) is 0 Å². The number of ether oxygens (including phenoxy) is 4. The SMILES string of the molecule is COc1cc(/C=C/c2cc(/C=C/c3ccc(OCCCCC[n+]4ccccc4)c(OC)c3)on2)ccc1OCCCCC[n+]1ccccc1.[Br-].[Br-]. The van der Waals surface area contributed by atoms with Gasteiger partial charge in [0.1, 0.15) is 18.8 Å². The van der Waals surface area contributed by atoms with Crippen LogP contribution >= 0.6 is 0 Å². The lowest BCUT2D eigenvalue weighted by atomic mass is 10.1. The van der Waals surface area contributed by atoms with Crippen LogP contribution in [0.15, 0.2) is 108 Å². The summed E-state index contributed by atoms with van der Waals surface area (Å²) in [5.41, 5.74) is 2.67. The Morgan fingerprint density at radius 1 is 0.549 bits per heavy atom. The zero-order valence-corrected chi connectivity index (χ0v) is 32.5. The Morgan fingerprint density at radius 2 is 1.04 bits per heavy atom. The molecule has 0 aliphatic rings. The summed E-state index contributed by atoms with van der Waals surface area (Å²) in [5, 5.41) is 4.19. The van der Waals surface area contributed by atoms with Gasteiger partial charge in [0.25, 0.3) is 0 Å². The molecule has 51 heavy (non-hydrogen) atoms. The van der Waals surface area contributed by atoms with Crippen LogP contribution in [-0.2, 0) is 13.1 Å². The number of benzene rings is 2. The first kappa shape index (κ1) is 41.0. The van der Waals surface area contributed by atoms with Crippen molar-refractivity contribution in [1.29, 1.82) is 0 Å². The van der Waals surface area contributed by atoms with Crippen molar-refractivity contribution in [2.75, 3.05) is 27.4 Å². The lowest BCUT2D eigenvalue weighted by molar-refractivity contribution is -0.697. The minimum Gasteiger partial charge on any atom is -1.00 e. The van der Waals surface area contributed by atoms with Gasteiger partial charge in [-0.15, -0.1) is 0 Å². The maximum absolute atomic E-state index is 6.02. The first-order chi connectivity index (χ1) is 24.2. The van der Waals surface area contributed by atoms with E-state index < -0.39 is 0 Å². The van der Waals surface area contributed by atoms with Crippen molar-refractivity contribution in [2.24, 2.45) is 0 Å². The fourth-order valence-corrected chi connectivity index (χ4v) is 5.31. The number of nitrogens with zero attached hydrogens (tertiary/aromatic N) is 3. The largest absolute Gasteiger partial charge is 1.00 e. The fraction of sp³-hybridized carbons (Fsp3) is 0.293. The molecule has 0 spiro atoms. The third kappa shape index (κ3) is 14.0. The summed E-state index contributed by atoms with van der Waals surface area (Å²) in [5.74, 6) is 3.55. The third-order valence-corrected chi connectivity index (χ3v) is 8.00. The number of hydrogen-bond donors (Lipinski definition) is 0. The number of aryl methyl sites for hydroxylation is 2. The van der Waals surface area contributed by atoms with E-state index in [4.69, 9.17) is 23.5 Å². The lowest BCUT2D eigenvalue weighted by Crippen LogP contribution is -3.00. The van der Waals surface area contributed by atoms with E-state index in [9.17, 15) is 0 Å². The molecule has 0 N–H and O–H groups in total. The summed E-state index contributed by atoms with van der Waals surface area (Å²) in [6.45, 7) is 3.34. The zero-order valence-electron chi connectivity index (χ0n) is 29.3. The average molecular weight is 822 g/mol. The first-order valence-corrected chi connectivity index (χ1v) is 17.0. The summed E-state index contributed by atoms with van der Waals surface area (Å²) in [6.07, 6.45) is 22.6. The van der Waals surface area contributed by atoms with Crippen LogP contribution in [0.3, 0.4) is 0 Å². The molecule has 8 nitrogen and oxygen atoms in total. The molecular weight excluding hydrogens is 774 g/mol. The van der Waals surface area contributed by atoms with Gasteiger partial charge in [-0.1, -0.05) is 41.6 Å². The van der Waals surface area contributed by atoms with E-state index in [1.54, 1.807) is 14.2 Å². The molecule has 0 saturated heterocycles. The molecule has 3 heterocycles. The highest BCUT2D eigenvalue weighted by Gasteiger charge is 2.08. The Labute approximate surface area is 322 Å². The number of unbranched alkanes of at least 4 members (excludes halogenated alkanes) is 4. The Morgan fingerprint density at radius 3 is 1.53 bits per heavy atom. The van der Waals surface area contributed by atoms with Crippen LogP contribution in [-0.4, -0.2) is 32.6 Å². The Hall–Kier alpha value is -4.41.